The van der Waals surface area contributed by atoms with Gasteiger partial charge in [0, 0.05) is 14.0 Å². The molecule has 1 N–H and O–H groups in total. The van der Waals surface area contributed by atoms with Gasteiger partial charge in [0.1, 0.15) is 5.88 Å². The number of hydrogen-bond donors (Lipinski definition) is 1. The number of nitrogens with zero attached hydrogens (tertiary/aromatic N) is 2. The van der Waals surface area contributed by atoms with Crippen LogP contribution in [0, 0.1) is 5.41 Å². The number of nitrogens with one attached hydrogen (secondary N) is 1. The van der Waals surface area contributed by atoms with Crippen LogP contribution in [0.5, 0.6) is 0 Å². The van der Waals surface area contributed by atoms with Gasteiger partial charge < -0.3 is 0 Å². The Kier molecular flexibility index (Phi) is 7.43. The van der Waals surface area contributed by atoms with E-state index in [-0.39, 0.29) is 16.4 Å². The second-order valence-corrected chi connectivity index (χ2v) is 7.72. The Bertz CT molecular complexity index is 510. The third-order valence-electron chi connectivity index (χ3n) is 1.93. The summed E-state index contributed by atoms with van der Waals surface area (Å²) in [6.07, 6.45) is -3.19. The van der Waals surface area contributed by atoms with Crippen LogP contribution >= 0.6 is 12.1 Å². The van der Waals surface area contributed by atoms with E-state index in [1.807, 2.05) is 0 Å². The number of halogens is 1. The lowest BCUT2D eigenvalue weighted by molar-refractivity contribution is -0.164. The first-order chi connectivity index (χ1) is 9.47. The van der Waals surface area contributed by atoms with Crippen LogP contribution in [0.25, 0.3) is 0 Å². The molecule has 0 aromatic heterocycles. The Balaban J connectivity index is 4.75. The predicted molar refractivity (Wildman–Crippen MR) is 73.6 cm³/mol. The van der Waals surface area contributed by atoms with Crippen molar-refractivity contribution in [3.8, 4) is 0 Å². The Hall–Kier alpha value is -1.56. The Labute approximate surface area is 126 Å². The van der Waals surface area contributed by atoms with Crippen LogP contribution in [0.1, 0.15) is 20.8 Å². The van der Waals surface area contributed by atoms with Crippen LogP contribution < -0.4 is 0 Å². The average Bonchev–Trinajstić information content (AvgIpc) is 2.34. The molecule has 12 heteroatoms. The van der Waals surface area contributed by atoms with Crippen LogP contribution in [0.3, 0.4) is 0 Å². The summed E-state index contributed by atoms with van der Waals surface area (Å²) >= 11 is 0.195. The van der Waals surface area contributed by atoms with E-state index >= 15 is 0 Å². The molecule has 21 heavy (non-hydrogen) atoms. The third-order valence-corrected chi connectivity index (χ3v) is 5.01. The Morgan fingerprint density at radius 3 is 2.24 bits per heavy atom. The molecule has 2 amide bonds. The lowest BCUT2D eigenvalue weighted by atomic mass is 10.6. The summed E-state index contributed by atoms with van der Waals surface area (Å²) in [6.45, 7) is 3.95. The monoisotopic (exact) mass is 345 g/mol. The molecule has 0 saturated carbocycles. The number of carbonyl (C=O) groups is 2. The summed E-state index contributed by atoms with van der Waals surface area (Å²) in [4.78, 5) is 30.5. The van der Waals surface area contributed by atoms with Crippen LogP contribution in [-0.4, -0.2) is 53.4 Å². The second-order valence-electron chi connectivity index (χ2n) is 4.04. The topological polar surface area (TPSA) is 117 Å². The molecule has 0 saturated heterocycles. The molecule has 0 aliphatic carbocycles. The van der Waals surface area contributed by atoms with Crippen molar-refractivity contribution in [2.45, 2.75) is 26.0 Å². The quantitative estimate of drug-likeness (QED) is 0.153. The zero-order chi connectivity index (χ0) is 16.8. The number of amides is 2. The first kappa shape index (κ1) is 19.4. The van der Waals surface area contributed by atoms with Gasteiger partial charge >= 0.3 is 12.3 Å². The molecule has 0 aromatic rings. The summed E-state index contributed by atoms with van der Waals surface area (Å²) in [7, 11) is -2.63. The summed E-state index contributed by atoms with van der Waals surface area (Å²) in [5, 5.41) is 6.06. The van der Waals surface area contributed by atoms with Gasteiger partial charge in [-0.1, -0.05) is 0 Å². The van der Waals surface area contributed by atoms with Crippen LogP contribution in [0.15, 0.2) is 0 Å². The Morgan fingerprint density at radius 2 is 1.86 bits per heavy atom. The molecule has 0 rings (SSSR count). The molecule has 0 atom stereocenters. The highest BCUT2D eigenvalue weighted by atomic mass is 32.2. The van der Waals surface area contributed by atoms with E-state index in [9.17, 15) is 22.4 Å². The minimum absolute atomic E-state index is 0.195. The van der Waals surface area contributed by atoms with E-state index < -0.39 is 39.1 Å². The Morgan fingerprint density at radius 1 is 1.33 bits per heavy atom. The smallest absolute Gasteiger partial charge is 0.270 e. The SMILES string of the molecule is CC(=N)OOC(=O)N(C)SN(CS(=O)(=O)C(C)C)C(=O)F. The van der Waals surface area contributed by atoms with E-state index in [0.29, 0.717) is 4.31 Å². The molecule has 0 fully saturated rings. The fourth-order valence-electron chi connectivity index (χ4n) is 0.751. The highest BCUT2D eigenvalue weighted by molar-refractivity contribution is 7.97. The standard InChI is InChI=1S/C9H16FN3O6S2/c1-6(2)21(16,17)5-13(8(10)14)20-12(4)9(15)19-18-7(3)11/h6,11H,5H2,1-4H3. The molecule has 0 aromatic carbocycles. The van der Waals surface area contributed by atoms with Gasteiger partial charge in [0.25, 0.3) is 0 Å². The lowest BCUT2D eigenvalue weighted by Gasteiger charge is -2.22. The fraction of sp³-hybridized carbons (Fsp3) is 0.667. The number of sulfone groups is 1. The van der Waals surface area contributed by atoms with Crippen molar-refractivity contribution in [1.82, 2.24) is 8.61 Å². The fourth-order valence-corrected chi connectivity index (χ4v) is 2.56. The average molecular weight is 345 g/mol. The van der Waals surface area contributed by atoms with Crippen molar-refractivity contribution >= 4 is 40.1 Å². The molecule has 0 aliphatic heterocycles. The molecule has 0 spiro atoms. The van der Waals surface area contributed by atoms with E-state index in [1.54, 1.807) is 0 Å². The first-order valence-corrected chi connectivity index (χ1v) is 7.96. The highest BCUT2D eigenvalue weighted by Gasteiger charge is 2.28. The normalized spacial score (nSPS) is 11.0. The van der Waals surface area contributed by atoms with Gasteiger partial charge in [-0.05, 0) is 13.8 Å². The molecular weight excluding hydrogens is 329 g/mol. The molecule has 0 heterocycles. The summed E-state index contributed by atoms with van der Waals surface area (Å²) in [5.41, 5.74) is 0. The number of rotatable bonds is 5. The highest BCUT2D eigenvalue weighted by Crippen LogP contribution is 2.19. The van der Waals surface area contributed by atoms with Crippen molar-refractivity contribution in [3.05, 3.63) is 0 Å². The molecule has 0 bridgehead atoms. The molecule has 0 radical (unpaired) electrons. The van der Waals surface area contributed by atoms with Crippen molar-refractivity contribution in [3.63, 3.8) is 0 Å². The third kappa shape index (κ3) is 7.13. The first-order valence-electron chi connectivity index (χ1n) is 5.51. The zero-order valence-electron chi connectivity index (χ0n) is 11.8. The van der Waals surface area contributed by atoms with E-state index in [1.165, 1.54) is 20.8 Å². The largest absolute Gasteiger partial charge is 0.463 e. The zero-order valence-corrected chi connectivity index (χ0v) is 13.5. The van der Waals surface area contributed by atoms with Gasteiger partial charge in [0.05, 0.1) is 17.4 Å². The minimum Gasteiger partial charge on any atom is -0.270 e. The maximum Gasteiger partial charge on any atom is 0.463 e. The summed E-state index contributed by atoms with van der Waals surface area (Å²) in [6, 6.07) is 0. The van der Waals surface area contributed by atoms with E-state index in [0.717, 1.165) is 7.05 Å². The molecule has 0 aliphatic rings. The predicted octanol–water partition coefficient (Wildman–Crippen LogP) is 1.72. The van der Waals surface area contributed by atoms with E-state index in [2.05, 4.69) is 9.78 Å². The molecule has 122 valence electrons. The molecule has 9 nitrogen and oxygen atoms in total. The van der Waals surface area contributed by atoms with E-state index in [4.69, 9.17) is 5.41 Å². The van der Waals surface area contributed by atoms with Crippen molar-refractivity contribution in [2.24, 2.45) is 0 Å². The molecular formula is C9H16FN3O6S2. The maximum absolute atomic E-state index is 12.9. The van der Waals surface area contributed by atoms with Gasteiger partial charge in [-0.2, -0.15) is 0 Å². The van der Waals surface area contributed by atoms with Crippen molar-refractivity contribution in [2.75, 3.05) is 12.9 Å². The molecule has 0 unspecified atom stereocenters. The summed E-state index contributed by atoms with van der Waals surface area (Å²) < 4.78 is 37.0. The van der Waals surface area contributed by atoms with Gasteiger partial charge in [-0.25, -0.2) is 31.5 Å². The van der Waals surface area contributed by atoms with Crippen molar-refractivity contribution in [1.29, 1.82) is 5.41 Å². The number of hydrogen-bond acceptors (Lipinski definition) is 8. The number of carbonyl (C=O) groups excluding carboxylic acids is 2. The van der Waals surface area contributed by atoms with Gasteiger partial charge in [-0.3, -0.25) is 10.3 Å². The summed E-state index contributed by atoms with van der Waals surface area (Å²) in [5.74, 6) is -1.31. The van der Waals surface area contributed by atoms with Crippen molar-refractivity contribution < 1.29 is 32.2 Å². The lowest BCUT2D eigenvalue weighted by Crippen LogP contribution is -2.35. The maximum atomic E-state index is 12.9. The van der Waals surface area contributed by atoms with Gasteiger partial charge in [0.15, 0.2) is 9.84 Å². The second kappa shape index (κ2) is 8.02. The van der Waals surface area contributed by atoms with Crippen LogP contribution in [0.4, 0.5) is 14.0 Å². The van der Waals surface area contributed by atoms with Gasteiger partial charge in [-0.15, -0.1) is 4.39 Å². The minimum atomic E-state index is -3.74. The van der Waals surface area contributed by atoms with Gasteiger partial charge in [0.2, 0.25) is 5.90 Å². The van der Waals surface area contributed by atoms with Crippen LogP contribution in [0.2, 0.25) is 0 Å². The van der Waals surface area contributed by atoms with Crippen LogP contribution in [-0.2, 0) is 19.6 Å².